The zero-order valence-electron chi connectivity index (χ0n) is 9.53. The van der Waals surface area contributed by atoms with Crippen LogP contribution in [0.15, 0.2) is 0 Å². The monoisotopic (exact) mass is 215 g/mol. The molecule has 1 amide bonds. The van der Waals surface area contributed by atoms with E-state index in [1.54, 1.807) is 0 Å². The van der Waals surface area contributed by atoms with Gasteiger partial charge in [0.25, 0.3) is 0 Å². The molecule has 15 heavy (non-hydrogen) atoms. The van der Waals surface area contributed by atoms with Crippen LogP contribution in [-0.4, -0.2) is 23.4 Å². The quantitative estimate of drug-likeness (QED) is 0.719. The second-order valence-electron chi connectivity index (χ2n) is 4.44. The molecule has 1 aliphatic heterocycles. The molecule has 0 saturated carbocycles. The molecule has 1 aliphatic rings. The third kappa shape index (κ3) is 2.92. The van der Waals surface area contributed by atoms with Crippen molar-refractivity contribution in [2.75, 3.05) is 6.61 Å². The van der Waals surface area contributed by atoms with Gasteiger partial charge in [-0.15, -0.1) is 0 Å². The number of rotatable bonds is 5. The SMILES string of the molecule is CC[C@@H](C[C@H](C)C1(O)CCCO1)C(N)=O. The van der Waals surface area contributed by atoms with Gasteiger partial charge >= 0.3 is 0 Å². The molecule has 0 spiro atoms. The maximum Gasteiger partial charge on any atom is 0.220 e. The molecule has 0 aromatic heterocycles. The van der Waals surface area contributed by atoms with Gasteiger partial charge in [0.05, 0.1) is 6.61 Å². The van der Waals surface area contributed by atoms with E-state index in [4.69, 9.17) is 10.5 Å². The van der Waals surface area contributed by atoms with Gasteiger partial charge in [0.1, 0.15) is 0 Å². The lowest BCUT2D eigenvalue weighted by Gasteiger charge is -2.30. The second kappa shape index (κ2) is 4.94. The Morgan fingerprint density at radius 1 is 1.67 bits per heavy atom. The predicted octanol–water partition coefficient (Wildman–Crippen LogP) is 1.02. The highest BCUT2D eigenvalue weighted by Gasteiger charge is 2.39. The first-order valence-electron chi connectivity index (χ1n) is 5.65. The molecule has 88 valence electrons. The van der Waals surface area contributed by atoms with Crippen LogP contribution in [-0.2, 0) is 9.53 Å². The summed E-state index contributed by atoms with van der Waals surface area (Å²) in [6, 6.07) is 0. The van der Waals surface area contributed by atoms with Gasteiger partial charge < -0.3 is 15.6 Å². The summed E-state index contributed by atoms with van der Waals surface area (Å²) >= 11 is 0. The minimum absolute atomic E-state index is 0.0440. The summed E-state index contributed by atoms with van der Waals surface area (Å²) in [7, 11) is 0. The van der Waals surface area contributed by atoms with Gasteiger partial charge in [-0.2, -0.15) is 0 Å². The summed E-state index contributed by atoms with van der Waals surface area (Å²) < 4.78 is 5.33. The number of aliphatic hydroxyl groups is 1. The van der Waals surface area contributed by atoms with Crippen molar-refractivity contribution in [2.24, 2.45) is 17.6 Å². The first-order chi connectivity index (χ1) is 6.99. The lowest BCUT2D eigenvalue weighted by molar-refractivity contribution is -0.206. The van der Waals surface area contributed by atoms with Crippen LogP contribution in [0.4, 0.5) is 0 Å². The predicted molar refractivity (Wildman–Crippen MR) is 56.9 cm³/mol. The summed E-state index contributed by atoms with van der Waals surface area (Å²) in [5.74, 6) is -1.53. The summed E-state index contributed by atoms with van der Waals surface area (Å²) in [4.78, 5) is 11.1. The topological polar surface area (TPSA) is 72.6 Å². The minimum atomic E-state index is -1.04. The van der Waals surface area contributed by atoms with E-state index in [0.717, 1.165) is 12.8 Å². The van der Waals surface area contributed by atoms with Crippen LogP contribution in [0, 0.1) is 11.8 Å². The van der Waals surface area contributed by atoms with Crippen LogP contribution in [0.5, 0.6) is 0 Å². The van der Waals surface area contributed by atoms with E-state index in [0.29, 0.717) is 19.4 Å². The van der Waals surface area contributed by atoms with Crippen molar-refractivity contribution in [3.63, 3.8) is 0 Å². The Balaban J connectivity index is 2.53. The molecule has 0 aliphatic carbocycles. The Morgan fingerprint density at radius 2 is 2.33 bits per heavy atom. The standard InChI is InChI=1S/C11H21NO3/c1-3-9(10(12)13)7-8(2)11(14)5-4-6-15-11/h8-9,14H,3-7H2,1-2H3,(H2,12,13)/t8-,9-,11?/m0/s1. The van der Waals surface area contributed by atoms with Crippen LogP contribution >= 0.6 is 0 Å². The van der Waals surface area contributed by atoms with E-state index in [1.165, 1.54) is 0 Å². The molecule has 1 heterocycles. The largest absolute Gasteiger partial charge is 0.369 e. The van der Waals surface area contributed by atoms with Gasteiger partial charge in [-0.3, -0.25) is 4.79 Å². The number of ether oxygens (including phenoxy) is 1. The first-order valence-corrected chi connectivity index (χ1v) is 5.65. The average molecular weight is 215 g/mol. The van der Waals surface area contributed by atoms with Crippen LogP contribution < -0.4 is 5.73 Å². The lowest BCUT2D eigenvalue weighted by atomic mass is 9.86. The molecular weight excluding hydrogens is 194 g/mol. The maximum atomic E-state index is 11.1. The highest BCUT2D eigenvalue weighted by atomic mass is 16.6. The molecular formula is C11H21NO3. The lowest BCUT2D eigenvalue weighted by Crippen LogP contribution is -2.38. The fraction of sp³-hybridized carbons (Fsp3) is 0.909. The summed E-state index contributed by atoms with van der Waals surface area (Å²) in [6.45, 7) is 4.45. The second-order valence-corrected chi connectivity index (χ2v) is 4.44. The van der Waals surface area contributed by atoms with E-state index in [-0.39, 0.29) is 17.7 Å². The van der Waals surface area contributed by atoms with Crippen LogP contribution in [0.3, 0.4) is 0 Å². The number of primary amides is 1. The van der Waals surface area contributed by atoms with Gasteiger partial charge in [-0.1, -0.05) is 13.8 Å². The van der Waals surface area contributed by atoms with Gasteiger partial charge in [0.2, 0.25) is 5.91 Å². The molecule has 0 aromatic rings. The summed E-state index contributed by atoms with van der Waals surface area (Å²) in [5.41, 5.74) is 5.28. The fourth-order valence-corrected chi connectivity index (χ4v) is 2.13. The number of nitrogens with two attached hydrogens (primary N) is 1. The molecule has 0 aromatic carbocycles. The van der Waals surface area contributed by atoms with Crippen molar-refractivity contribution < 1.29 is 14.6 Å². The highest BCUT2D eigenvalue weighted by molar-refractivity contribution is 5.76. The van der Waals surface area contributed by atoms with E-state index >= 15 is 0 Å². The molecule has 0 radical (unpaired) electrons. The number of hydrogen-bond donors (Lipinski definition) is 2. The zero-order chi connectivity index (χ0) is 11.5. The fourth-order valence-electron chi connectivity index (χ4n) is 2.13. The average Bonchev–Trinajstić information content (AvgIpc) is 2.61. The van der Waals surface area contributed by atoms with E-state index in [9.17, 15) is 9.90 Å². The number of amides is 1. The third-order valence-corrected chi connectivity index (χ3v) is 3.33. The Morgan fingerprint density at radius 3 is 2.73 bits per heavy atom. The molecule has 1 fully saturated rings. The highest BCUT2D eigenvalue weighted by Crippen LogP contribution is 2.34. The van der Waals surface area contributed by atoms with Crippen molar-refractivity contribution in [1.29, 1.82) is 0 Å². The smallest absolute Gasteiger partial charge is 0.220 e. The van der Waals surface area contributed by atoms with E-state index < -0.39 is 5.79 Å². The summed E-state index contributed by atoms with van der Waals surface area (Å²) in [5, 5.41) is 10.1. The molecule has 3 atom stereocenters. The Kier molecular flexibility index (Phi) is 4.11. The van der Waals surface area contributed by atoms with Crippen molar-refractivity contribution in [3.05, 3.63) is 0 Å². The molecule has 4 nitrogen and oxygen atoms in total. The van der Waals surface area contributed by atoms with Crippen molar-refractivity contribution >= 4 is 5.91 Å². The van der Waals surface area contributed by atoms with Crippen LogP contribution in [0.2, 0.25) is 0 Å². The number of carbonyl (C=O) groups is 1. The molecule has 0 bridgehead atoms. The van der Waals surface area contributed by atoms with Crippen molar-refractivity contribution in [1.82, 2.24) is 0 Å². The van der Waals surface area contributed by atoms with Gasteiger partial charge in [-0.25, -0.2) is 0 Å². The van der Waals surface area contributed by atoms with Gasteiger partial charge in [0.15, 0.2) is 5.79 Å². The normalized spacial score (nSPS) is 30.1. The molecule has 1 rings (SSSR count). The Labute approximate surface area is 90.8 Å². The number of hydrogen-bond acceptors (Lipinski definition) is 3. The summed E-state index contributed by atoms with van der Waals surface area (Å²) in [6.07, 6.45) is 2.86. The minimum Gasteiger partial charge on any atom is -0.369 e. The molecule has 4 heteroatoms. The van der Waals surface area contributed by atoms with Gasteiger partial charge in [-0.05, 0) is 19.3 Å². The molecule has 3 N–H and O–H groups in total. The molecule has 1 saturated heterocycles. The maximum absolute atomic E-state index is 11.1. The van der Waals surface area contributed by atoms with Crippen molar-refractivity contribution in [2.45, 2.75) is 45.3 Å². The Hall–Kier alpha value is -0.610. The van der Waals surface area contributed by atoms with Crippen LogP contribution in [0.25, 0.3) is 0 Å². The first kappa shape index (κ1) is 12.5. The zero-order valence-corrected chi connectivity index (χ0v) is 9.53. The Bertz CT molecular complexity index is 224. The van der Waals surface area contributed by atoms with E-state index in [1.807, 2.05) is 13.8 Å². The van der Waals surface area contributed by atoms with Crippen molar-refractivity contribution in [3.8, 4) is 0 Å². The number of carbonyl (C=O) groups excluding carboxylic acids is 1. The van der Waals surface area contributed by atoms with Gasteiger partial charge in [0, 0.05) is 18.3 Å². The third-order valence-electron chi connectivity index (χ3n) is 3.33. The van der Waals surface area contributed by atoms with Crippen LogP contribution in [0.1, 0.15) is 39.5 Å². The molecule has 1 unspecified atom stereocenters. The van der Waals surface area contributed by atoms with E-state index in [2.05, 4.69) is 0 Å².